The lowest BCUT2D eigenvalue weighted by molar-refractivity contribution is 0.106. The van der Waals surface area contributed by atoms with Crippen LogP contribution in [0.4, 0.5) is 4.79 Å². The first-order chi connectivity index (χ1) is 8.60. The van der Waals surface area contributed by atoms with Crippen LogP contribution in [-0.2, 0) is 4.74 Å². The molecule has 1 saturated heterocycles. The molecule has 0 spiro atoms. The third-order valence-electron chi connectivity index (χ3n) is 3.46. The molecule has 1 aliphatic rings. The average molecular weight is 248 g/mol. The standard InChI is InChI=1S/C14H20N2O2/c1-10-3-5-11(6-4-10)12-7-13(15)9-16(8-12)14(17)18-2/h3-6,12-13H,7-9,15H2,1-2H3. The van der Waals surface area contributed by atoms with Gasteiger partial charge in [0.15, 0.2) is 0 Å². The van der Waals surface area contributed by atoms with E-state index in [1.54, 1.807) is 4.90 Å². The predicted molar refractivity (Wildman–Crippen MR) is 70.5 cm³/mol. The van der Waals surface area contributed by atoms with Gasteiger partial charge in [0, 0.05) is 25.0 Å². The molecular weight excluding hydrogens is 228 g/mol. The maximum atomic E-state index is 11.6. The summed E-state index contributed by atoms with van der Waals surface area (Å²) in [5.74, 6) is 0.299. The van der Waals surface area contributed by atoms with E-state index in [2.05, 4.69) is 31.2 Å². The number of benzene rings is 1. The van der Waals surface area contributed by atoms with Crippen molar-refractivity contribution in [1.82, 2.24) is 4.90 Å². The summed E-state index contributed by atoms with van der Waals surface area (Å²) in [5.41, 5.74) is 8.51. The highest BCUT2D eigenvalue weighted by molar-refractivity contribution is 5.67. The fourth-order valence-corrected chi connectivity index (χ4v) is 2.50. The van der Waals surface area contributed by atoms with Crippen LogP contribution >= 0.6 is 0 Å². The minimum Gasteiger partial charge on any atom is -0.453 e. The molecule has 0 radical (unpaired) electrons. The number of hydrogen-bond donors (Lipinski definition) is 1. The van der Waals surface area contributed by atoms with E-state index in [0.717, 1.165) is 6.42 Å². The number of ether oxygens (including phenoxy) is 1. The van der Waals surface area contributed by atoms with Crippen LogP contribution in [0.1, 0.15) is 23.5 Å². The van der Waals surface area contributed by atoms with Crippen LogP contribution in [-0.4, -0.2) is 37.2 Å². The second kappa shape index (κ2) is 5.40. The van der Waals surface area contributed by atoms with Crippen molar-refractivity contribution in [2.45, 2.75) is 25.3 Å². The molecule has 1 aliphatic heterocycles. The summed E-state index contributed by atoms with van der Waals surface area (Å²) < 4.78 is 4.77. The van der Waals surface area contributed by atoms with Gasteiger partial charge < -0.3 is 15.4 Å². The van der Waals surface area contributed by atoms with Gasteiger partial charge in [-0.25, -0.2) is 4.79 Å². The molecule has 2 rings (SSSR count). The molecule has 1 aromatic rings. The van der Waals surface area contributed by atoms with Gasteiger partial charge in [0.1, 0.15) is 0 Å². The first kappa shape index (κ1) is 12.9. The molecule has 0 bridgehead atoms. The van der Waals surface area contributed by atoms with Crippen molar-refractivity contribution in [1.29, 1.82) is 0 Å². The molecule has 0 aromatic heterocycles. The Balaban J connectivity index is 2.13. The lowest BCUT2D eigenvalue weighted by Gasteiger charge is -2.35. The van der Waals surface area contributed by atoms with Gasteiger partial charge >= 0.3 is 6.09 Å². The van der Waals surface area contributed by atoms with E-state index >= 15 is 0 Å². The average Bonchev–Trinajstić information content (AvgIpc) is 2.38. The monoisotopic (exact) mass is 248 g/mol. The molecule has 2 atom stereocenters. The molecule has 2 N–H and O–H groups in total. The highest BCUT2D eigenvalue weighted by Gasteiger charge is 2.29. The summed E-state index contributed by atoms with van der Waals surface area (Å²) in [7, 11) is 1.41. The van der Waals surface area contributed by atoms with Crippen molar-refractivity contribution >= 4 is 6.09 Å². The first-order valence-electron chi connectivity index (χ1n) is 6.25. The summed E-state index contributed by atoms with van der Waals surface area (Å²) in [4.78, 5) is 13.3. The van der Waals surface area contributed by atoms with E-state index < -0.39 is 0 Å². The lowest BCUT2D eigenvalue weighted by atomic mass is 9.88. The van der Waals surface area contributed by atoms with Gasteiger partial charge in [-0.2, -0.15) is 0 Å². The molecule has 1 heterocycles. The Morgan fingerprint density at radius 3 is 2.61 bits per heavy atom. The van der Waals surface area contributed by atoms with Gasteiger partial charge in [0.05, 0.1) is 7.11 Å². The molecular formula is C14H20N2O2. The van der Waals surface area contributed by atoms with Gasteiger partial charge in [0.25, 0.3) is 0 Å². The number of rotatable bonds is 1. The van der Waals surface area contributed by atoms with Gasteiger partial charge in [-0.1, -0.05) is 29.8 Å². The number of nitrogens with two attached hydrogens (primary N) is 1. The van der Waals surface area contributed by atoms with Crippen molar-refractivity contribution in [3.8, 4) is 0 Å². The summed E-state index contributed by atoms with van der Waals surface area (Å²) in [6.07, 6.45) is 0.624. The summed E-state index contributed by atoms with van der Waals surface area (Å²) in [6.45, 7) is 3.33. The number of hydrogen-bond acceptors (Lipinski definition) is 3. The van der Waals surface area contributed by atoms with Crippen LogP contribution in [0.25, 0.3) is 0 Å². The number of aryl methyl sites for hydroxylation is 1. The van der Waals surface area contributed by atoms with Crippen LogP contribution in [0.2, 0.25) is 0 Å². The van der Waals surface area contributed by atoms with Crippen LogP contribution in [0, 0.1) is 6.92 Å². The maximum Gasteiger partial charge on any atom is 0.409 e. The van der Waals surface area contributed by atoms with Crippen molar-refractivity contribution in [2.24, 2.45) is 5.73 Å². The topological polar surface area (TPSA) is 55.6 Å². The number of carbonyl (C=O) groups is 1. The number of piperidine rings is 1. The summed E-state index contributed by atoms with van der Waals surface area (Å²) in [6, 6.07) is 8.45. The molecule has 4 heteroatoms. The van der Waals surface area contributed by atoms with Crippen molar-refractivity contribution in [3.63, 3.8) is 0 Å². The number of methoxy groups -OCH3 is 1. The second-order valence-corrected chi connectivity index (χ2v) is 4.98. The number of nitrogens with zero attached hydrogens (tertiary/aromatic N) is 1. The van der Waals surface area contributed by atoms with Crippen molar-refractivity contribution in [2.75, 3.05) is 20.2 Å². The van der Waals surface area contributed by atoms with Gasteiger partial charge in [-0.05, 0) is 18.9 Å². The Hall–Kier alpha value is -1.55. The normalized spacial score (nSPS) is 23.8. The minimum atomic E-state index is -0.290. The molecule has 18 heavy (non-hydrogen) atoms. The molecule has 0 aliphatic carbocycles. The van der Waals surface area contributed by atoms with Gasteiger partial charge in [-0.15, -0.1) is 0 Å². The lowest BCUT2D eigenvalue weighted by Crippen LogP contribution is -2.48. The summed E-state index contributed by atoms with van der Waals surface area (Å²) >= 11 is 0. The van der Waals surface area contributed by atoms with Crippen molar-refractivity contribution in [3.05, 3.63) is 35.4 Å². The predicted octanol–water partition coefficient (Wildman–Crippen LogP) is 1.88. The third kappa shape index (κ3) is 2.82. The Bertz CT molecular complexity index is 416. The van der Waals surface area contributed by atoms with Crippen molar-refractivity contribution < 1.29 is 9.53 Å². The number of amides is 1. The van der Waals surface area contributed by atoms with Crippen LogP contribution < -0.4 is 5.73 Å². The third-order valence-corrected chi connectivity index (χ3v) is 3.46. The van der Waals surface area contributed by atoms with E-state index in [1.165, 1.54) is 18.2 Å². The Kier molecular flexibility index (Phi) is 3.87. The molecule has 4 nitrogen and oxygen atoms in total. The van der Waals surface area contributed by atoms with E-state index in [4.69, 9.17) is 10.5 Å². The smallest absolute Gasteiger partial charge is 0.409 e. The zero-order valence-corrected chi connectivity index (χ0v) is 10.9. The molecule has 1 aromatic carbocycles. The van der Waals surface area contributed by atoms with Crippen LogP contribution in [0.5, 0.6) is 0 Å². The van der Waals surface area contributed by atoms with Crippen LogP contribution in [0.15, 0.2) is 24.3 Å². The number of carbonyl (C=O) groups excluding carboxylic acids is 1. The number of likely N-dealkylation sites (tertiary alicyclic amines) is 1. The van der Waals surface area contributed by atoms with E-state index in [9.17, 15) is 4.79 Å². The fourth-order valence-electron chi connectivity index (χ4n) is 2.50. The zero-order valence-electron chi connectivity index (χ0n) is 10.9. The fraction of sp³-hybridized carbons (Fsp3) is 0.500. The van der Waals surface area contributed by atoms with Gasteiger partial charge in [-0.3, -0.25) is 0 Å². The molecule has 1 amide bonds. The molecule has 0 saturated carbocycles. The Morgan fingerprint density at radius 2 is 2.00 bits per heavy atom. The molecule has 1 fully saturated rings. The Labute approximate surface area is 108 Å². The zero-order chi connectivity index (χ0) is 13.1. The second-order valence-electron chi connectivity index (χ2n) is 4.98. The quantitative estimate of drug-likeness (QED) is 0.825. The Morgan fingerprint density at radius 1 is 1.33 bits per heavy atom. The highest BCUT2D eigenvalue weighted by atomic mass is 16.5. The molecule has 98 valence electrons. The minimum absolute atomic E-state index is 0.0177. The van der Waals surface area contributed by atoms with E-state index in [1.807, 2.05) is 0 Å². The first-order valence-corrected chi connectivity index (χ1v) is 6.25. The highest BCUT2D eigenvalue weighted by Crippen LogP contribution is 2.26. The summed E-state index contributed by atoms with van der Waals surface area (Å²) in [5, 5.41) is 0. The SMILES string of the molecule is COC(=O)N1CC(N)CC(c2ccc(C)cc2)C1. The largest absolute Gasteiger partial charge is 0.453 e. The van der Waals surface area contributed by atoms with E-state index in [-0.39, 0.29) is 12.1 Å². The van der Waals surface area contributed by atoms with E-state index in [0.29, 0.717) is 19.0 Å². The molecule has 2 unspecified atom stereocenters. The van der Waals surface area contributed by atoms with Crippen LogP contribution in [0.3, 0.4) is 0 Å². The maximum absolute atomic E-state index is 11.6. The van der Waals surface area contributed by atoms with Gasteiger partial charge in [0.2, 0.25) is 0 Å².